The summed E-state index contributed by atoms with van der Waals surface area (Å²) in [4.78, 5) is 13.3. The predicted molar refractivity (Wildman–Crippen MR) is 169 cm³/mol. The third-order valence-electron chi connectivity index (χ3n) is 7.16. The molecule has 1 aromatic heterocycles. The van der Waals surface area contributed by atoms with Crippen LogP contribution in [0.4, 0.5) is 11.4 Å². The van der Waals surface area contributed by atoms with Gasteiger partial charge >= 0.3 is 0 Å². The first kappa shape index (κ1) is 26.0. The Labute approximate surface area is 240 Å². The number of fused-ring (bicyclic) bond motifs is 1. The van der Waals surface area contributed by atoms with Crippen LogP contribution in [-0.2, 0) is 5.41 Å². The Kier molecular flexibility index (Phi) is 6.79. The van der Waals surface area contributed by atoms with Crippen molar-refractivity contribution in [1.82, 2.24) is 4.98 Å². The lowest BCUT2D eigenvalue weighted by molar-refractivity contribution is 0.590. The Morgan fingerprint density at radius 2 is 1.46 bits per heavy atom. The van der Waals surface area contributed by atoms with Crippen molar-refractivity contribution in [3.05, 3.63) is 138 Å². The molecule has 0 amide bonds. The maximum absolute atomic E-state index is 7.21. The zero-order valence-electron chi connectivity index (χ0n) is 23.3. The van der Waals surface area contributed by atoms with Gasteiger partial charge in [-0.15, -0.1) is 0 Å². The van der Waals surface area contributed by atoms with E-state index in [1.807, 2.05) is 72.9 Å². The van der Waals surface area contributed by atoms with Gasteiger partial charge in [-0.3, -0.25) is 4.99 Å². The Bertz CT molecular complexity index is 1930. The van der Waals surface area contributed by atoms with Crippen molar-refractivity contribution in [2.24, 2.45) is 4.99 Å². The molecular formula is C37H29N3O. The van der Waals surface area contributed by atoms with Crippen molar-refractivity contribution >= 4 is 28.7 Å². The lowest BCUT2D eigenvalue weighted by atomic mass is 9.86. The van der Waals surface area contributed by atoms with Crippen LogP contribution in [0.5, 0.6) is 0 Å². The average Bonchev–Trinajstić information content (AvgIpc) is 3.44. The molecule has 0 aliphatic carbocycles. The molecule has 0 atom stereocenters. The van der Waals surface area contributed by atoms with Crippen LogP contribution >= 0.6 is 0 Å². The first-order chi connectivity index (χ1) is 19.9. The van der Waals surface area contributed by atoms with E-state index in [-0.39, 0.29) is 5.41 Å². The number of para-hydroxylation sites is 2. The van der Waals surface area contributed by atoms with Gasteiger partial charge in [0.05, 0.1) is 17.8 Å². The Morgan fingerprint density at radius 3 is 2.27 bits per heavy atom. The van der Waals surface area contributed by atoms with E-state index in [9.17, 15) is 0 Å². The number of hydrogen-bond donors (Lipinski definition) is 0. The minimum Gasteiger partial charge on any atom is -0.436 e. The minimum atomic E-state index is 0.0697. The van der Waals surface area contributed by atoms with E-state index in [2.05, 4.69) is 74.1 Å². The monoisotopic (exact) mass is 531 g/mol. The second-order valence-corrected chi connectivity index (χ2v) is 11.1. The van der Waals surface area contributed by atoms with Gasteiger partial charge in [0.15, 0.2) is 11.3 Å². The number of aromatic nitrogens is 1. The first-order valence-electron chi connectivity index (χ1n) is 13.6. The molecule has 5 aromatic carbocycles. The van der Waals surface area contributed by atoms with E-state index in [4.69, 9.17) is 21.0 Å². The molecule has 0 unspecified atom stereocenters. The molecule has 0 fully saturated rings. The number of rotatable bonds is 5. The van der Waals surface area contributed by atoms with Gasteiger partial charge in [0.25, 0.3) is 0 Å². The van der Waals surface area contributed by atoms with Crippen LogP contribution in [0.2, 0.25) is 0 Å². The summed E-state index contributed by atoms with van der Waals surface area (Å²) in [6.07, 6.45) is 1.90. The lowest BCUT2D eigenvalue weighted by Gasteiger charge is -2.19. The van der Waals surface area contributed by atoms with Crippen molar-refractivity contribution in [3.63, 3.8) is 0 Å². The van der Waals surface area contributed by atoms with Crippen LogP contribution in [0, 0.1) is 6.57 Å². The van der Waals surface area contributed by atoms with Gasteiger partial charge in [0, 0.05) is 11.8 Å². The van der Waals surface area contributed by atoms with Crippen molar-refractivity contribution in [3.8, 4) is 33.7 Å². The SMILES string of the molecule is [C-]#[N+]c1ccc(-c2cccc(-c3cccc4oc(-c5ccccc5N=Cc5cccc(C(C)(C)C)c5)nc34)c2)cc1. The molecule has 4 nitrogen and oxygen atoms in total. The molecule has 6 rings (SSSR count). The summed E-state index contributed by atoms with van der Waals surface area (Å²) in [6, 6.07) is 38.5. The summed E-state index contributed by atoms with van der Waals surface area (Å²) >= 11 is 0. The van der Waals surface area contributed by atoms with E-state index >= 15 is 0 Å². The van der Waals surface area contributed by atoms with Crippen LogP contribution in [0.1, 0.15) is 31.9 Å². The smallest absolute Gasteiger partial charge is 0.229 e. The Balaban J connectivity index is 1.36. The number of benzene rings is 5. The lowest BCUT2D eigenvalue weighted by Crippen LogP contribution is -2.11. The zero-order chi connectivity index (χ0) is 28.4. The molecule has 0 N–H and O–H groups in total. The van der Waals surface area contributed by atoms with E-state index in [0.29, 0.717) is 11.6 Å². The normalized spacial score (nSPS) is 11.7. The third kappa shape index (κ3) is 5.44. The molecule has 0 spiro atoms. The van der Waals surface area contributed by atoms with Crippen LogP contribution in [0.15, 0.2) is 125 Å². The van der Waals surface area contributed by atoms with Gasteiger partial charge in [-0.25, -0.2) is 9.83 Å². The van der Waals surface area contributed by atoms with Crippen molar-refractivity contribution in [2.75, 3.05) is 0 Å². The molecule has 1 heterocycles. The summed E-state index contributed by atoms with van der Waals surface area (Å²) in [5.41, 5.74) is 10.4. The highest BCUT2D eigenvalue weighted by Crippen LogP contribution is 2.36. The second-order valence-electron chi connectivity index (χ2n) is 11.1. The van der Waals surface area contributed by atoms with Gasteiger partial charge in [-0.05, 0) is 63.6 Å². The zero-order valence-corrected chi connectivity index (χ0v) is 23.3. The molecule has 0 bridgehead atoms. The van der Waals surface area contributed by atoms with Gasteiger partial charge in [-0.1, -0.05) is 106 Å². The molecule has 0 radical (unpaired) electrons. The Hall–Kier alpha value is -5.27. The van der Waals surface area contributed by atoms with Gasteiger partial charge in [0.1, 0.15) is 5.52 Å². The van der Waals surface area contributed by atoms with Crippen LogP contribution in [0.25, 0.3) is 49.7 Å². The highest BCUT2D eigenvalue weighted by molar-refractivity contribution is 5.94. The second kappa shape index (κ2) is 10.7. The molecule has 0 aliphatic heterocycles. The van der Waals surface area contributed by atoms with Crippen LogP contribution in [0.3, 0.4) is 0 Å². The van der Waals surface area contributed by atoms with E-state index in [1.165, 1.54) is 5.56 Å². The van der Waals surface area contributed by atoms with Crippen LogP contribution in [-0.4, -0.2) is 11.2 Å². The number of hydrogen-bond acceptors (Lipinski definition) is 3. The highest BCUT2D eigenvalue weighted by atomic mass is 16.3. The number of nitrogens with zero attached hydrogens (tertiary/aromatic N) is 3. The molecule has 0 saturated heterocycles. The van der Waals surface area contributed by atoms with Crippen molar-refractivity contribution in [1.29, 1.82) is 0 Å². The summed E-state index contributed by atoms with van der Waals surface area (Å²) < 4.78 is 6.30. The van der Waals surface area contributed by atoms with Gasteiger partial charge in [-0.2, -0.15) is 0 Å². The molecule has 0 aliphatic rings. The van der Waals surface area contributed by atoms with Gasteiger partial charge < -0.3 is 4.42 Å². The average molecular weight is 532 g/mol. The quantitative estimate of drug-likeness (QED) is 0.164. The maximum Gasteiger partial charge on any atom is 0.229 e. The summed E-state index contributed by atoms with van der Waals surface area (Å²) in [6.45, 7) is 13.8. The fourth-order valence-corrected chi connectivity index (χ4v) is 4.89. The summed E-state index contributed by atoms with van der Waals surface area (Å²) in [7, 11) is 0. The minimum absolute atomic E-state index is 0.0697. The molecule has 6 aromatic rings. The predicted octanol–water partition coefficient (Wildman–Crippen LogP) is 10.4. The third-order valence-corrected chi connectivity index (χ3v) is 7.16. The highest BCUT2D eigenvalue weighted by Gasteiger charge is 2.16. The molecule has 41 heavy (non-hydrogen) atoms. The summed E-state index contributed by atoms with van der Waals surface area (Å²) in [5.74, 6) is 0.537. The van der Waals surface area contributed by atoms with Crippen molar-refractivity contribution < 1.29 is 4.42 Å². The van der Waals surface area contributed by atoms with Crippen molar-refractivity contribution in [2.45, 2.75) is 26.2 Å². The van der Waals surface area contributed by atoms with Gasteiger partial charge in [0.2, 0.25) is 5.89 Å². The molecule has 4 heteroatoms. The largest absolute Gasteiger partial charge is 0.436 e. The maximum atomic E-state index is 7.21. The fraction of sp³-hybridized carbons (Fsp3) is 0.108. The van der Waals surface area contributed by atoms with E-state index < -0.39 is 0 Å². The molecule has 198 valence electrons. The molecule has 0 saturated carbocycles. The van der Waals surface area contributed by atoms with E-state index in [1.54, 1.807) is 0 Å². The standard InChI is InChI=1S/C37H29N3O/c1-37(2,3)29-13-7-10-25(22-29)24-39-33-16-6-5-14-32(33)36-40-35-31(15-9-17-34(35)41-36)28-12-8-11-27(23-28)26-18-20-30(38-4)21-19-26/h5-24H,1-3H3. The summed E-state index contributed by atoms with van der Waals surface area (Å²) in [5, 5.41) is 0. The fourth-order valence-electron chi connectivity index (χ4n) is 4.89. The Morgan fingerprint density at radius 1 is 0.732 bits per heavy atom. The topological polar surface area (TPSA) is 42.8 Å². The number of aliphatic imine (C=N–C) groups is 1. The first-order valence-corrected chi connectivity index (χ1v) is 13.6. The van der Waals surface area contributed by atoms with Crippen LogP contribution < -0.4 is 0 Å². The molecular weight excluding hydrogens is 502 g/mol. The van der Waals surface area contributed by atoms with E-state index in [0.717, 1.165) is 50.2 Å². The number of oxazole rings is 1.